The lowest BCUT2D eigenvalue weighted by Crippen LogP contribution is -2.22. The van der Waals surface area contributed by atoms with E-state index in [1.807, 2.05) is 0 Å². The van der Waals surface area contributed by atoms with Gasteiger partial charge in [0.1, 0.15) is 17.2 Å². The molecule has 0 radical (unpaired) electrons. The van der Waals surface area contributed by atoms with Crippen LogP contribution in [0.4, 0.5) is 5.69 Å². The Labute approximate surface area is 147 Å². The summed E-state index contributed by atoms with van der Waals surface area (Å²) < 4.78 is 0. The summed E-state index contributed by atoms with van der Waals surface area (Å²) in [5.74, 6) is -4.00. The van der Waals surface area contributed by atoms with Gasteiger partial charge in [-0.15, -0.1) is 0 Å². The second-order valence-corrected chi connectivity index (χ2v) is 5.98. The first kappa shape index (κ1) is 17.3. The van der Waals surface area contributed by atoms with E-state index >= 15 is 0 Å². The first-order valence-corrected chi connectivity index (χ1v) is 7.70. The topological polar surface area (TPSA) is 144 Å². The van der Waals surface area contributed by atoms with Crippen molar-refractivity contribution in [2.24, 2.45) is 0 Å². The molecule has 0 saturated carbocycles. The van der Waals surface area contributed by atoms with Crippen molar-refractivity contribution >= 4 is 23.2 Å². The van der Waals surface area contributed by atoms with Gasteiger partial charge in [0.25, 0.3) is 0 Å². The molecule has 3 rings (SSSR count). The largest absolute Gasteiger partial charge is 0.507 e. The van der Waals surface area contributed by atoms with Gasteiger partial charge in [-0.3, -0.25) is 14.4 Å². The van der Waals surface area contributed by atoms with Crippen molar-refractivity contribution in [3.63, 3.8) is 0 Å². The van der Waals surface area contributed by atoms with Crippen LogP contribution in [-0.4, -0.2) is 44.5 Å². The fourth-order valence-corrected chi connectivity index (χ4v) is 2.99. The van der Waals surface area contributed by atoms with E-state index < -0.39 is 29.0 Å². The summed E-state index contributed by atoms with van der Waals surface area (Å²) in [4.78, 5) is 36.1. The summed E-state index contributed by atoms with van der Waals surface area (Å²) >= 11 is 0. The minimum absolute atomic E-state index is 0.00890. The number of carbonyl (C=O) groups is 3. The molecule has 1 aliphatic carbocycles. The number of phenolic OH excluding ortho intramolecular Hbond substituents is 3. The average molecular weight is 357 g/mol. The summed E-state index contributed by atoms with van der Waals surface area (Å²) in [6.07, 6.45) is -0.286. The number of rotatable bonds is 4. The Morgan fingerprint density at radius 2 is 1.62 bits per heavy atom. The number of aliphatic carboxylic acids is 1. The molecule has 5 N–H and O–H groups in total. The molecule has 0 amide bonds. The number of fused-ring (bicyclic) bond motifs is 2. The molecule has 26 heavy (non-hydrogen) atoms. The molecule has 134 valence electrons. The van der Waals surface area contributed by atoms with Crippen molar-refractivity contribution in [2.75, 3.05) is 11.9 Å². The van der Waals surface area contributed by atoms with Crippen LogP contribution in [0.5, 0.6) is 17.2 Å². The maximum atomic E-state index is 12.8. The highest BCUT2D eigenvalue weighted by atomic mass is 16.4. The molecule has 0 saturated heterocycles. The molecule has 0 aromatic heterocycles. The van der Waals surface area contributed by atoms with Gasteiger partial charge in [0.2, 0.25) is 5.78 Å². The van der Waals surface area contributed by atoms with E-state index in [9.17, 15) is 29.7 Å². The van der Waals surface area contributed by atoms with Crippen LogP contribution in [-0.2, 0) is 4.79 Å². The molecule has 0 heterocycles. The van der Waals surface area contributed by atoms with Gasteiger partial charge in [0.05, 0.1) is 17.5 Å². The maximum absolute atomic E-state index is 12.8. The van der Waals surface area contributed by atoms with Crippen LogP contribution in [0.3, 0.4) is 0 Å². The SMILES string of the molecule is Cc1cc(O)c2c(c1)C(=O)c1cc(O)c(NCCC(=O)O)c(O)c1C2=O. The Balaban J connectivity index is 2.15. The summed E-state index contributed by atoms with van der Waals surface area (Å²) in [7, 11) is 0. The fourth-order valence-electron chi connectivity index (χ4n) is 2.99. The number of nitrogens with one attached hydrogen (secondary N) is 1. The summed E-state index contributed by atoms with van der Waals surface area (Å²) in [6.45, 7) is 1.54. The fraction of sp³-hybridized carbons (Fsp3) is 0.167. The zero-order chi connectivity index (χ0) is 19.2. The maximum Gasteiger partial charge on any atom is 0.305 e. The molecule has 8 heteroatoms. The van der Waals surface area contributed by atoms with Crippen molar-refractivity contribution < 1.29 is 34.8 Å². The zero-order valence-corrected chi connectivity index (χ0v) is 13.7. The second kappa shape index (κ2) is 6.07. The molecule has 0 atom stereocenters. The Morgan fingerprint density at radius 3 is 2.27 bits per heavy atom. The number of benzene rings is 2. The number of aryl methyl sites for hydroxylation is 1. The van der Waals surface area contributed by atoms with Gasteiger partial charge in [0, 0.05) is 17.7 Å². The molecule has 0 fully saturated rings. The molecular weight excluding hydrogens is 342 g/mol. The standard InChI is InChI=1S/C18H15NO7/c1-7-4-8-13(10(20)5-7)17(25)14-9(16(8)24)6-11(21)15(18(14)26)19-3-2-12(22)23/h4-6,19-21,26H,2-3H2,1H3,(H,22,23). The molecule has 0 spiro atoms. The number of hydrogen-bond acceptors (Lipinski definition) is 7. The van der Waals surface area contributed by atoms with E-state index in [1.165, 1.54) is 12.1 Å². The second-order valence-electron chi connectivity index (χ2n) is 5.98. The van der Waals surface area contributed by atoms with Crippen molar-refractivity contribution in [1.29, 1.82) is 0 Å². The Morgan fingerprint density at radius 1 is 0.962 bits per heavy atom. The lowest BCUT2D eigenvalue weighted by atomic mass is 9.82. The van der Waals surface area contributed by atoms with E-state index in [2.05, 4.69) is 5.32 Å². The van der Waals surface area contributed by atoms with E-state index in [4.69, 9.17) is 5.11 Å². The van der Waals surface area contributed by atoms with E-state index in [0.717, 1.165) is 6.07 Å². The first-order valence-electron chi connectivity index (χ1n) is 7.70. The van der Waals surface area contributed by atoms with E-state index in [1.54, 1.807) is 6.92 Å². The van der Waals surface area contributed by atoms with Crippen LogP contribution in [0.2, 0.25) is 0 Å². The quantitative estimate of drug-likeness (QED) is 0.444. The molecule has 1 aliphatic rings. The number of anilines is 1. The number of carboxylic acids is 1. The Bertz CT molecular complexity index is 978. The van der Waals surface area contributed by atoms with Crippen molar-refractivity contribution in [3.05, 3.63) is 46.0 Å². The van der Waals surface area contributed by atoms with Gasteiger partial charge >= 0.3 is 5.97 Å². The van der Waals surface area contributed by atoms with E-state index in [-0.39, 0.29) is 46.7 Å². The van der Waals surface area contributed by atoms with Crippen molar-refractivity contribution in [2.45, 2.75) is 13.3 Å². The van der Waals surface area contributed by atoms with Gasteiger partial charge < -0.3 is 25.7 Å². The Kier molecular flexibility index (Phi) is 4.03. The molecule has 8 nitrogen and oxygen atoms in total. The van der Waals surface area contributed by atoms with Crippen molar-refractivity contribution in [3.8, 4) is 17.2 Å². The highest BCUT2D eigenvalue weighted by Crippen LogP contribution is 2.44. The van der Waals surface area contributed by atoms with Gasteiger partial charge in [-0.1, -0.05) is 0 Å². The number of phenols is 3. The smallest absolute Gasteiger partial charge is 0.305 e. The highest BCUT2D eigenvalue weighted by Gasteiger charge is 2.36. The van der Waals surface area contributed by atoms with Crippen LogP contribution in [0.15, 0.2) is 18.2 Å². The van der Waals surface area contributed by atoms with Crippen LogP contribution in [0.1, 0.15) is 43.8 Å². The number of aromatic hydroxyl groups is 3. The number of carbonyl (C=O) groups excluding carboxylic acids is 2. The number of carboxylic acid groups (broad SMARTS) is 1. The molecule has 2 aromatic rings. The van der Waals surface area contributed by atoms with Gasteiger partial charge in [-0.25, -0.2) is 0 Å². The molecular formula is C18H15NO7. The third-order valence-electron chi connectivity index (χ3n) is 4.13. The van der Waals surface area contributed by atoms with Crippen LogP contribution in [0, 0.1) is 6.92 Å². The normalized spacial score (nSPS) is 12.5. The predicted molar refractivity (Wildman–Crippen MR) is 90.2 cm³/mol. The minimum Gasteiger partial charge on any atom is -0.507 e. The Hall–Kier alpha value is -3.55. The lowest BCUT2D eigenvalue weighted by molar-refractivity contribution is -0.136. The molecule has 2 aromatic carbocycles. The summed E-state index contributed by atoms with van der Waals surface area (Å²) in [6, 6.07) is 3.82. The van der Waals surface area contributed by atoms with Gasteiger partial charge in [-0.05, 0) is 30.7 Å². The lowest BCUT2D eigenvalue weighted by Gasteiger charge is -2.22. The first-order chi connectivity index (χ1) is 12.2. The third kappa shape index (κ3) is 2.61. The average Bonchev–Trinajstić information content (AvgIpc) is 2.54. The summed E-state index contributed by atoms with van der Waals surface area (Å²) in [5, 5.41) is 41.8. The van der Waals surface area contributed by atoms with Gasteiger partial charge in [0.15, 0.2) is 11.5 Å². The monoisotopic (exact) mass is 357 g/mol. The number of ketones is 2. The molecule has 0 unspecified atom stereocenters. The zero-order valence-electron chi connectivity index (χ0n) is 13.7. The highest BCUT2D eigenvalue weighted by molar-refractivity contribution is 6.31. The van der Waals surface area contributed by atoms with E-state index in [0.29, 0.717) is 5.56 Å². The van der Waals surface area contributed by atoms with Crippen LogP contribution >= 0.6 is 0 Å². The minimum atomic E-state index is -1.09. The van der Waals surface area contributed by atoms with Gasteiger partial charge in [-0.2, -0.15) is 0 Å². The number of hydrogen-bond donors (Lipinski definition) is 5. The predicted octanol–water partition coefficient (Wildman–Crippen LogP) is 1.77. The third-order valence-corrected chi connectivity index (χ3v) is 4.13. The van der Waals surface area contributed by atoms with Crippen molar-refractivity contribution in [1.82, 2.24) is 0 Å². The van der Waals surface area contributed by atoms with Crippen LogP contribution < -0.4 is 5.32 Å². The van der Waals surface area contributed by atoms with Crippen LogP contribution in [0.25, 0.3) is 0 Å². The summed E-state index contributed by atoms with van der Waals surface area (Å²) in [5.41, 5.74) is -0.438. The molecule has 0 aliphatic heterocycles. The molecule has 0 bridgehead atoms.